The van der Waals surface area contributed by atoms with Gasteiger partial charge in [-0.05, 0) is 12.8 Å². The van der Waals surface area contributed by atoms with Crippen molar-refractivity contribution in [3.63, 3.8) is 0 Å². The lowest BCUT2D eigenvalue weighted by Crippen LogP contribution is -2.56. The van der Waals surface area contributed by atoms with E-state index in [4.69, 9.17) is 14.2 Å². The number of unbranched alkanes of at least 4 members (excludes halogenated alkanes) is 4. The van der Waals surface area contributed by atoms with Crippen LogP contribution in [0.15, 0.2) is 6.08 Å². The van der Waals surface area contributed by atoms with Gasteiger partial charge in [0.15, 0.2) is 0 Å². The van der Waals surface area contributed by atoms with E-state index in [1.54, 1.807) is 0 Å². The van der Waals surface area contributed by atoms with E-state index in [1.165, 1.54) is 31.0 Å². The number of nitrogens with zero attached hydrogens (tertiary/aromatic N) is 3. The predicted octanol–water partition coefficient (Wildman–Crippen LogP) is 5.42. The average molecular weight is 441 g/mol. The van der Waals surface area contributed by atoms with Gasteiger partial charge in [-0.1, -0.05) is 52.5 Å². The molecule has 2 atom stereocenters. The van der Waals surface area contributed by atoms with Crippen LogP contribution in [0.1, 0.15) is 77.8 Å². The van der Waals surface area contributed by atoms with Crippen LogP contribution in [0.5, 0.6) is 5.88 Å². The lowest BCUT2D eigenvalue weighted by molar-refractivity contribution is -0.947. The average Bonchev–Trinajstić information content (AvgIpc) is 3.20. The molecule has 0 amide bonds. The van der Waals surface area contributed by atoms with Crippen LogP contribution in [0.3, 0.4) is 0 Å². The van der Waals surface area contributed by atoms with Gasteiger partial charge >= 0.3 is 6.16 Å². The maximum atomic E-state index is 12.1. The molecule has 8 heteroatoms. The molecule has 1 aliphatic rings. The fraction of sp³-hybridized carbons (Fsp3) is 0.773. The lowest BCUT2D eigenvalue weighted by Gasteiger charge is -2.42. The van der Waals surface area contributed by atoms with E-state index < -0.39 is 6.16 Å². The Balaban J connectivity index is 1.98. The minimum absolute atomic E-state index is 0.257. The smallest absolute Gasteiger partial charge is 0.475 e. The molecule has 170 valence electrons. The maximum Gasteiger partial charge on any atom is 0.512 e. The van der Waals surface area contributed by atoms with Crippen molar-refractivity contribution in [3.8, 4) is 5.88 Å². The van der Waals surface area contributed by atoms with Gasteiger partial charge in [-0.3, -0.25) is 4.48 Å². The van der Waals surface area contributed by atoms with Crippen LogP contribution < -0.4 is 4.74 Å². The second kappa shape index (κ2) is 12.9. The summed E-state index contributed by atoms with van der Waals surface area (Å²) in [5.74, 6) is 0.629. The monoisotopic (exact) mass is 440 g/mol. The summed E-state index contributed by atoms with van der Waals surface area (Å²) in [5, 5.41) is 0. The van der Waals surface area contributed by atoms with Gasteiger partial charge in [0.25, 0.3) is 5.88 Å². The molecule has 30 heavy (non-hydrogen) atoms. The first-order chi connectivity index (χ1) is 14.5. The molecule has 0 radical (unpaired) electrons. The first-order valence-electron chi connectivity index (χ1n) is 11.4. The lowest BCUT2D eigenvalue weighted by atomic mass is 10.0. The summed E-state index contributed by atoms with van der Waals surface area (Å²) in [6, 6.07) is 0. The summed E-state index contributed by atoms with van der Waals surface area (Å²) in [6.45, 7) is 9.00. The highest BCUT2D eigenvalue weighted by atomic mass is 32.1. The van der Waals surface area contributed by atoms with Gasteiger partial charge < -0.3 is 14.2 Å². The number of likely N-dealkylation sites (N-methyl/N-ethyl adjacent to an activating group) is 1. The molecule has 1 aromatic heterocycles. The number of quaternary nitrogens is 1. The Hall–Kier alpha value is -1.67. The Morgan fingerprint density at radius 1 is 1.13 bits per heavy atom. The van der Waals surface area contributed by atoms with Gasteiger partial charge in [0.2, 0.25) is 6.23 Å². The summed E-state index contributed by atoms with van der Waals surface area (Å²) in [4.78, 5) is 12.1. The number of ether oxygens (including phenoxy) is 3. The molecule has 0 saturated heterocycles. The van der Waals surface area contributed by atoms with Crippen molar-refractivity contribution in [2.75, 3.05) is 33.4 Å². The molecule has 0 bridgehead atoms. The first-order valence-corrected chi connectivity index (χ1v) is 12.1. The van der Waals surface area contributed by atoms with Crippen LogP contribution in [0.4, 0.5) is 4.79 Å². The van der Waals surface area contributed by atoms with E-state index in [0.29, 0.717) is 23.6 Å². The molecule has 1 aliphatic heterocycles. The van der Waals surface area contributed by atoms with E-state index in [1.807, 2.05) is 6.92 Å². The molecule has 2 unspecified atom stereocenters. The predicted molar refractivity (Wildman–Crippen MR) is 119 cm³/mol. The van der Waals surface area contributed by atoms with Crippen LogP contribution in [0.25, 0.3) is 5.57 Å². The summed E-state index contributed by atoms with van der Waals surface area (Å²) in [5.41, 5.74) is 1.95. The summed E-state index contributed by atoms with van der Waals surface area (Å²) in [7, 11) is 2.13. The Kier molecular flexibility index (Phi) is 10.6. The van der Waals surface area contributed by atoms with Crippen LogP contribution >= 0.6 is 11.7 Å². The number of hydrogen-bond acceptors (Lipinski definition) is 7. The number of carbonyl (C=O) groups is 1. The molecule has 2 heterocycles. The van der Waals surface area contributed by atoms with Crippen LogP contribution in [-0.2, 0) is 9.47 Å². The quantitative estimate of drug-likeness (QED) is 0.232. The van der Waals surface area contributed by atoms with Crippen LogP contribution in [0, 0.1) is 0 Å². The highest BCUT2D eigenvalue weighted by Crippen LogP contribution is 2.32. The number of aromatic nitrogens is 2. The zero-order valence-corrected chi connectivity index (χ0v) is 19.8. The molecule has 0 spiro atoms. The summed E-state index contributed by atoms with van der Waals surface area (Å²) < 4.78 is 26.3. The first kappa shape index (κ1) is 24.6. The van der Waals surface area contributed by atoms with Crippen LogP contribution in [-0.4, -0.2) is 59.0 Å². The van der Waals surface area contributed by atoms with Crippen molar-refractivity contribution in [2.45, 2.75) is 78.4 Å². The van der Waals surface area contributed by atoms with Crippen molar-refractivity contribution in [2.24, 2.45) is 0 Å². The van der Waals surface area contributed by atoms with Crippen molar-refractivity contribution in [1.82, 2.24) is 8.75 Å². The van der Waals surface area contributed by atoms with E-state index in [0.717, 1.165) is 56.5 Å². The van der Waals surface area contributed by atoms with Gasteiger partial charge in [-0.15, -0.1) is 4.37 Å². The third-order valence-corrected chi connectivity index (χ3v) is 6.07. The fourth-order valence-electron chi connectivity index (χ4n) is 3.75. The minimum Gasteiger partial charge on any atom is -0.475 e. The van der Waals surface area contributed by atoms with E-state index in [2.05, 4.69) is 35.7 Å². The zero-order valence-electron chi connectivity index (χ0n) is 19.0. The SMILES string of the molecule is CCCCCCOc1nsnc1C1=CCC[N+](C)(C(CC)OC(=O)OCCCC)C1. The molecule has 0 saturated carbocycles. The van der Waals surface area contributed by atoms with Crippen molar-refractivity contribution >= 4 is 23.5 Å². The van der Waals surface area contributed by atoms with Gasteiger partial charge in [0.05, 0.1) is 38.5 Å². The topological polar surface area (TPSA) is 70.5 Å². The molecule has 2 rings (SSSR count). The third kappa shape index (κ3) is 7.23. The molecule has 0 aromatic carbocycles. The second-order valence-electron chi connectivity index (χ2n) is 8.14. The number of rotatable bonds is 13. The van der Waals surface area contributed by atoms with Gasteiger partial charge in [-0.25, -0.2) is 4.79 Å². The third-order valence-electron chi connectivity index (χ3n) is 5.56. The minimum atomic E-state index is -0.572. The Labute approximate surface area is 185 Å². The van der Waals surface area contributed by atoms with Gasteiger partial charge in [-0.2, -0.15) is 4.37 Å². The Morgan fingerprint density at radius 2 is 1.93 bits per heavy atom. The standard InChI is InChI=1S/C22H38N3O4S/c1-5-8-10-11-16-27-21-20(23-30-24-21)18-13-12-14-25(4,17-18)19(7-3)29-22(26)28-15-9-6-2/h13,19H,5-12,14-17H2,1-4H3/q+1. The Morgan fingerprint density at radius 3 is 2.67 bits per heavy atom. The van der Waals surface area contributed by atoms with E-state index in [-0.39, 0.29) is 6.23 Å². The highest BCUT2D eigenvalue weighted by molar-refractivity contribution is 6.99. The molecule has 0 aliphatic carbocycles. The molecule has 0 N–H and O–H groups in total. The fourth-order valence-corrected chi connectivity index (χ4v) is 4.28. The summed E-state index contributed by atoms with van der Waals surface area (Å²) in [6.07, 6.45) is 9.48. The van der Waals surface area contributed by atoms with Gasteiger partial charge in [0, 0.05) is 18.4 Å². The second-order valence-corrected chi connectivity index (χ2v) is 8.67. The number of carbonyl (C=O) groups excluding carboxylic acids is 1. The zero-order chi connectivity index (χ0) is 21.8. The molecule has 0 fully saturated rings. The summed E-state index contributed by atoms with van der Waals surface area (Å²) >= 11 is 1.19. The molecule has 7 nitrogen and oxygen atoms in total. The van der Waals surface area contributed by atoms with Crippen molar-refractivity contribution in [3.05, 3.63) is 11.8 Å². The van der Waals surface area contributed by atoms with Crippen molar-refractivity contribution < 1.29 is 23.5 Å². The highest BCUT2D eigenvalue weighted by Gasteiger charge is 2.38. The van der Waals surface area contributed by atoms with E-state index >= 15 is 0 Å². The normalized spacial score (nSPS) is 19.8. The van der Waals surface area contributed by atoms with Gasteiger partial charge in [0.1, 0.15) is 12.2 Å². The maximum absolute atomic E-state index is 12.1. The Bertz CT molecular complexity index is 679. The van der Waals surface area contributed by atoms with E-state index in [9.17, 15) is 4.79 Å². The largest absolute Gasteiger partial charge is 0.512 e. The molecular formula is C22H38N3O4S+. The van der Waals surface area contributed by atoms with Crippen LogP contribution in [0.2, 0.25) is 0 Å². The van der Waals surface area contributed by atoms with Crippen molar-refractivity contribution in [1.29, 1.82) is 0 Å². The molecular weight excluding hydrogens is 402 g/mol. The number of hydrogen-bond donors (Lipinski definition) is 0. The molecule has 1 aromatic rings.